The van der Waals surface area contributed by atoms with Gasteiger partial charge in [-0.05, 0) is 0 Å². The second-order valence-electron chi connectivity index (χ2n) is 2.75. The lowest BCUT2D eigenvalue weighted by molar-refractivity contribution is -0.0426. The highest BCUT2D eigenvalue weighted by Gasteiger charge is 2.63. The summed E-state index contributed by atoms with van der Waals surface area (Å²) in [5.41, 5.74) is 0. The Hall–Kier alpha value is 0.500. The van der Waals surface area contributed by atoms with Crippen LogP contribution in [0.1, 0.15) is 0 Å². The third-order valence-corrected chi connectivity index (χ3v) is 3.25. The topological polar surface area (TPSA) is 18.5 Å². The van der Waals surface area contributed by atoms with Gasteiger partial charge in [0.15, 0.2) is 0 Å². The van der Waals surface area contributed by atoms with Gasteiger partial charge in [0.25, 0.3) is 0 Å². The normalized spacial score (nSPS) is 43.8. The molecule has 1 saturated carbocycles. The van der Waals surface area contributed by atoms with Crippen LogP contribution < -0.4 is 0 Å². The summed E-state index contributed by atoms with van der Waals surface area (Å²) in [7, 11) is 0. The Morgan fingerprint density at radius 1 is 1.10 bits per heavy atom. The van der Waals surface area contributed by atoms with Crippen molar-refractivity contribution in [2.24, 2.45) is 11.8 Å². The first-order chi connectivity index (χ1) is 4.73. The van der Waals surface area contributed by atoms with E-state index < -0.39 is 4.33 Å². The lowest BCUT2D eigenvalue weighted by Crippen LogP contribution is -2.06. The molecule has 2 fully saturated rings. The van der Waals surface area contributed by atoms with Crippen LogP contribution in [0.4, 0.5) is 0 Å². The number of hydrogen-bond acceptors (Lipinski definition) is 2. The summed E-state index contributed by atoms with van der Waals surface area (Å²) in [4.78, 5) is 0. The lowest BCUT2D eigenvalue weighted by Gasteiger charge is -2.03. The van der Waals surface area contributed by atoms with E-state index in [-0.39, 0.29) is 0 Å². The molecule has 0 bridgehead atoms. The fourth-order valence-corrected chi connectivity index (χ4v) is 2.06. The lowest BCUT2D eigenvalue weighted by atomic mass is 10.3. The van der Waals surface area contributed by atoms with Crippen molar-refractivity contribution >= 4 is 23.2 Å². The van der Waals surface area contributed by atoms with Crippen LogP contribution in [-0.4, -0.2) is 24.3 Å². The molecule has 1 saturated heterocycles. The molecule has 4 heteroatoms. The Bertz CT molecular complexity index is 135. The predicted octanol–water partition coefficient (Wildman–Crippen LogP) is 1.41. The molecular formula is C6H8Cl2O2. The van der Waals surface area contributed by atoms with Crippen molar-refractivity contribution in [3.05, 3.63) is 0 Å². The maximum absolute atomic E-state index is 5.89. The van der Waals surface area contributed by atoms with Crippen LogP contribution in [0.5, 0.6) is 0 Å². The molecule has 0 aromatic carbocycles. The SMILES string of the molecule is ClC1(Cl)C2COCOCC21. The average Bonchev–Trinajstić information content (AvgIpc) is 2.47. The third-order valence-electron chi connectivity index (χ3n) is 2.13. The molecule has 1 aliphatic heterocycles. The number of fused-ring (bicyclic) bond motifs is 1. The van der Waals surface area contributed by atoms with Crippen LogP contribution in [0.25, 0.3) is 0 Å². The second-order valence-corrected chi connectivity index (χ2v) is 4.19. The molecule has 58 valence electrons. The first-order valence-electron chi connectivity index (χ1n) is 3.26. The van der Waals surface area contributed by atoms with Crippen LogP contribution in [-0.2, 0) is 9.47 Å². The Kier molecular flexibility index (Phi) is 1.61. The smallest absolute Gasteiger partial charge is 0.146 e. The number of rotatable bonds is 0. The first-order valence-corrected chi connectivity index (χ1v) is 4.02. The molecule has 2 rings (SSSR count). The highest BCUT2D eigenvalue weighted by atomic mass is 35.5. The highest BCUT2D eigenvalue weighted by molar-refractivity contribution is 6.51. The van der Waals surface area contributed by atoms with Gasteiger partial charge in [-0.1, -0.05) is 0 Å². The summed E-state index contributed by atoms with van der Waals surface area (Å²) < 4.78 is 9.62. The standard InChI is InChI=1S/C6H8Cl2O2/c7-6(8)4-1-9-3-10-2-5(4)6/h4-5H,1-3H2. The summed E-state index contributed by atoms with van der Waals surface area (Å²) in [6.07, 6.45) is 0. The van der Waals surface area contributed by atoms with Crippen molar-refractivity contribution in [1.29, 1.82) is 0 Å². The highest BCUT2D eigenvalue weighted by Crippen LogP contribution is 2.59. The minimum Gasteiger partial charge on any atom is -0.355 e. The van der Waals surface area contributed by atoms with E-state index in [1.54, 1.807) is 0 Å². The number of hydrogen-bond donors (Lipinski definition) is 0. The van der Waals surface area contributed by atoms with Gasteiger partial charge < -0.3 is 9.47 Å². The molecule has 2 nitrogen and oxygen atoms in total. The summed E-state index contributed by atoms with van der Waals surface area (Å²) in [6.45, 7) is 1.66. The monoisotopic (exact) mass is 182 g/mol. The van der Waals surface area contributed by atoms with Crippen molar-refractivity contribution in [2.45, 2.75) is 4.33 Å². The molecule has 0 spiro atoms. The molecule has 2 unspecified atom stereocenters. The van der Waals surface area contributed by atoms with E-state index >= 15 is 0 Å². The molecule has 2 aliphatic rings. The van der Waals surface area contributed by atoms with E-state index in [9.17, 15) is 0 Å². The molecule has 0 radical (unpaired) electrons. The zero-order valence-electron chi connectivity index (χ0n) is 5.35. The zero-order chi connectivity index (χ0) is 7.19. The fourth-order valence-electron chi connectivity index (χ4n) is 1.32. The van der Waals surface area contributed by atoms with E-state index in [1.807, 2.05) is 0 Å². The largest absolute Gasteiger partial charge is 0.355 e. The van der Waals surface area contributed by atoms with E-state index in [4.69, 9.17) is 32.7 Å². The first kappa shape index (κ1) is 7.17. The van der Waals surface area contributed by atoms with Crippen molar-refractivity contribution in [1.82, 2.24) is 0 Å². The van der Waals surface area contributed by atoms with Gasteiger partial charge in [0, 0.05) is 11.8 Å². The van der Waals surface area contributed by atoms with Crippen LogP contribution in [0.2, 0.25) is 0 Å². The summed E-state index contributed by atoms with van der Waals surface area (Å²) in [5.74, 6) is 0.580. The molecule has 0 aromatic heterocycles. The van der Waals surface area contributed by atoms with Gasteiger partial charge in [-0.25, -0.2) is 0 Å². The molecular weight excluding hydrogens is 175 g/mol. The summed E-state index contributed by atoms with van der Waals surface area (Å²) >= 11 is 11.8. The maximum Gasteiger partial charge on any atom is 0.146 e. The van der Waals surface area contributed by atoms with Gasteiger partial charge in [0.2, 0.25) is 0 Å². The van der Waals surface area contributed by atoms with Gasteiger partial charge in [0.1, 0.15) is 11.1 Å². The molecule has 0 aromatic rings. The fraction of sp³-hybridized carbons (Fsp3) is 1.00. The van der Waals surface area contributed by atoms with Crippen LogP contribution >= 0.6 is 23.2 Å². The van der Waals surface area contributed by atoms with E-state index in [2.05, 4.69) is 0 Å². The van der Waals surface area contributed by atoms with E-state index in [1.165, 1.54) is 0 Å². The minimum atomic E-state index is -0.569. The Morgan fingerprint density at radius 3 is 2.10 bits per heavy atom. The van der Waals surface area contributed by atoms with Gasteiger partial charge in [-0.15, -0.1) is 23.2 Å². The minimum absolute atomic E-state index is 0.290. The molecule has 2 atom stereocenters. The third kappa shape index (κ3) is 0.944. The van der Waals surface area contributed by atoms with Gasteiger partial charge in [-0.2, -0.15) is 0 Å². The Balaban J connectivity index is 2.01. The maximum atomic E-state index is 5.89. The molecule has 0 amide bonds. The molecule has 1 heterocycles. The number of halogens is 2. The zero-order valence-corrected chi connectivity index (χ0v) is 6.86. The van der Waals surface area contributed by atoms with Crippen molar-refractivity contribution in [2.75, 3.05) is 20.0 Å². The van der Waals surface area contributed by atoms with Crippen LogP contribution in [0.15, 0.2) is 0 Å². The van der Waals surface area contributed by atoms with Crippen molar-refractivity contribution in [3.8, 4) is 0 Å². The summed E-state index contributed by atoms with van der Waals surface area (Å²) in [6, 6.07) is 0. The number of alkyl halides is 2. The van der Waals surface area contributed by atoms with Crippen molar-refractivity contribution in [3.63, 3.8) is 0 Å². The van der Waals surface area contributed by atoms with Crippen molar-refractivity contribution < 1.29 is 9.47 Å². The van der Waals surface area contributed by atoms with E-state index in [0.29, 0.717) is 31.8 Å². The van der Waals surface area contributed by atoms with Gasteiger partial charge in [0.05, 0.1) is 13.2 Å². The van der Waals surface area contributed by atoms with Crippen LogP contribution in [0, 0.1) is 11.8 Å². The Morgan fingerprint density at radius 2 is 1.60 bits per heavy atom. The molecule has 1 aliphatic carbocycles. The average molecular weight is 183 g/mol. The molecule has 10 heavy (non-hydrogen) atoms. The second kappa shape index (κ2) is 2.24. The summed E-state index contributed by atoms with van der Waals surface area (Å²) in [5, 5.41) is 0. The molecule has 0 N–H and O–H groups in total. The number of ether oxygens (including phenoxy) is 2. The Labute approximate surface area is 69.4 Å². The van der Waals surface area contributed by atoms with E-state index in [0.717, 1.165) is 0 Å². The quantitative estimate of drug-likeness (QED) is 0.528. The van der Waals surface area contributed by atoms with Crippen LogP contribution in [0.3, 0.4) is 0 Å². The predicted molar refractivity (Wildman–Crippen MR) is 38.2 cm³/mol. The van der Waals surface area contributed by atoms with Gasteiger partial charge in [-0.3, -0.25) is 0 Å². The van der Waals surface area contributed by atoms with Gasteiger partial charge >= 0.3 is 0 Å².